The van der Waals surface area contributed by atoms with Crippen LogP contribution < -0.4 is 14.8 Å². The first-order chi connectivity index (χ1) is 16.9. The van der Waals surface area contributed by atoms with Crippen molar-refractivity contribution < 1.29 is 22.7 Å². The van der Waals surface area contributed by atoms with E-state index in [9.17, 15) is 13.2 Å². The molecule has 1 heterocycles. The van der Waals surface area contributed by atoms with E-state index in [2.05, 4.69) is 5.32 Å². The Morgan fingerprint density at radius 3 is 2.49 bits per heavy atom. The average Bonchev–Trinajstić information content (AvgIpc) is 2.89. The first kappa shape index (κ1) is 24.8. The Morgan fingerprint density at radius 2 is 1.80 bits per heavy atom. The molecule has 1 N–H and O–H groups in total. The van der Waals surface area contributed by atoms with Crippen LogP contribution in [0.3, 0.4) is 0 Å². The fourth-order valence-corrected chi connectivity index (χ4v) is 5.76. The van der Waals surface area contributed by atoms with Gasteiger partial charge in [0.2, 0.25) is 15.9 Å². The predicted molar refractivity (Wildman–Crippen MR) is 135 cm³/mol. The number of benzene rings is 3. The topological polar surface area (TPSA) is 84.9 Å². The number of hydrogen-bond acceptors (Lipinski definition) is 5. The minimum Gasteiger partial charge on any atom is -0.496 e. The maximum Gasteiger partial charge on any atom is 0.243 e. The molecule has 3 aromatic rings. The lowest BCUT2D eigenvalue weighted by Gasteiger charge is -2.31. The molecule has 35 heavy (non-hydrogen) atoms. The molecule has 184 valence electrons. The van der Waals surface area contributed by atoms with Gasteiger partial charge in [-0.25, -0.2) is 8.42 Å². The van der Waals surface area contributed by atoms with E-state index in [1.165, 1.54) is 4.31 Å². The van der Waals surface area contributed by atoms with E-state index < -0.39 is 15.9 Å². The van der Waals surface area contributed by atoms with Gasteiger partial charge in [0.25, 0.3) is 0 Å². The van der Waals surface area contributed by atoms with E-state index >= 15 is 0 Å². The van der Waals surface area contributed by atoms with Crippen molar-refractivity contribution in [3.05, 3.63) is 83.9 Å². The number of carbonyl (C=O) groups excluding carboxylic acids is 1. The number of piperidine rings is 1. The summed E-state index contributed by atoms with van der Waals surface area (Å²) in [5.41, 5.74) is 2.47. The molecule has 0 saturated carbocycles. The summed E-state index contributed by atoms with van der Waals surface area (Å²) in [5.74, 6) is 0.730. The number of nitrogens with zero attached hydrogens (tertiary/aromatic N) is 1. The van der Waals surface area contributed by atoms with Crippen LogP contribution >= 0.6 is 0 Å². The van der Waals surface area contributed by atoms with Crippen LogP contribution in [0.2, 0.25) is 0 Å². The summed E-state index contributed by atoms with van der Waals surface area (Å²) < 4.78 is 38.8. The van der Waals surface area contributed by atoms with Crippen molar-refractivity contribution in [2.75, 3.05) is 25.5 Å². The van der Waals surface area contributed by atoms with E-state index in [1.54, 1.807) is 37.4 Å². The number of anilines is 1. The molecule has 0 aliphatic carbocycles. The second-order valence-electron chi connectivity index (χ2n) is 8.62. The Balaban J connectivity index is 1.36. The van der Waals surface area contributed by atoms with Crippen LogP contribution in [0.25, 0.3) is 0 Å². The first-order valence-corrected chi connectivity index (χ1v) is 13.0. The molecular weight excluding hydrogens is 464 g/mol. The molecule has 1 saturated heterocycles. The van der Waals surface area contributed by atoms with Crippen molar-refractivity contribution in [2.24, 2.45) is 5.92 Å². The summed E-state index contributed by atoms with van der Waals surface area (Å²) in [6.07, 6.45) is 1.26. The smallest absolute Gasteiger partial charge is 0.243 e. The van der Waals surface area contributed by atoms with Gasteiger partial charge in [-0.2, -0.15) is 4.31 Å². The highest BCUT2D eigenvalue weighted by Gasteiger charge is 2.33. The number of nitrogens with one attached hydrogen (secondary N) is 1. The third-order valence-corrected chi connectivity index (χ3v) is 7.99. The monoisotopic (exact) mass is 494 g/mol. The molecule has 1 aliphatic heterocycles. The van der Waals surface area contributed by atoms with Gasteiger partial charge in [-0.3, -0.25) is 4.79 Å². The highest BCUT2D eigenvalue weighted by atomic mass is 32.2. The lowest BCUT2D eigenvalue weighted by molar-refractivity contribution is -0.120. The highest BCUT2D eigenvalue weighted by Crippen LogP contribution is 2.28. The number of amides is 1. The molecule has 0 spiro atoms. The summed E-state index contributed by atoms with van der Waals surface area (Å²) in [7, 11) is -2.15. The molecule has 1 atom stereocenters. The van der Waals surface area contributed by atoms with Gasteiger partial charge in [-0.1, -0.05) is 30.3 Å². The lowest BCUT2D eigenvalue weighted by atomic mass is 9.99. The number of rotatable bonds is 8. The molecule has 3 aromatic carbocycles. The van der Waals surface area contributed by atoms with Gasteiger partial charge in [0.15, 0.2) is 0 Å². The van der Waals surface area contributed by atoms with E-state index in [1.807, 2.05) is 49.4 Å². The van der Waals surface area contributed by atoms with Gasteiger partial charge in [0.05, 0.1) is 17.9 Å². The van der Waals surface area contributed by atoms with Crippen LogP contribution in [0, 0.1) is 12.8 Å². The molecule has 0 unspecified atom stereocenters. The summed E-state index contributed by atoms with van der Waals surface area (Å²) >= 11 is 0. The molecule has 0 radical (unpaired) electrons. The maximum atomic E-state index is 13.2. The fraction of sp³-hybridized carbons (Fsp3) is 0.296. The maximum absolute atomic E-state index is 13.2. The zero-order chi connectivity index (χ0) is 24.8. The van der Waals surface area contributed by atoms with Gasteiger partial charge >= 0.3 is 0 Å². The van der Waals surface area contributed by atoms with E-state index in [0.717, 1.165) is 11.1 Å². The van der Waals surface area contributed by atoms with Crippen LogP contribution in [0.1, 0.15) is 24.0 Å². The Labute approximate surface area is 206 Å². The van der Waals surface area contributed by atoms with Gasteiger partial charge < -0.3 is 14.8 Å². The molecule has 7 nitrogen and oxygen atoms in total. The number of methoxy groups -OCH3 is 1. The standard InChI is InChI=1S/C27H30N2O5S/c1-20-17-25(14-15-26(20)33-2)35(31,32)29-16-6-9-22(18-29)27(30)28-23-10-12-24(13-11-23)34-19-21-7-4-3-5-8-21/h3-5,7-8,10-15,17,22H,6,9,16,18-19H2,1-2H3,(H,28,30)/t22-/m0/s1. The second-order valence-corrected chi connectivity index (χ2v) is 10.6. The third kappa shape index (κ3) is 6.01. The zero-order valence-electron chi connectivity index (χ0n) is 19.9. The van der Waals surface area contributed by atoms with Crippen molar-refractivity contribution in [1.29, 1.82) is 0 Å². The van der Waals surface area contributed by atoms with Gasteiger partial charge in [0, 0.05) is 18.8 Å². The van der Waals surface area contributed by atoms with Crippen LogP contribution in [0.4, 0.5) is 5.69 Å². The Morgan fingerprint density at radius 1 is 1.06 bits per heavy atom. The first-order valence-electron chi connectivity index (χ1n) is 11.6. The summed E-state index contributed by atoms with van der Waals surface area (Å²) in [6, 6.07) is 21.9. The Kier molecular flexibility index (Phi) is 7.73. The van der Waals surface area contributed by atoms with Crippen LogP contribution in [-0.4, -0.2) is 38.8 Å². The molecule has 1 amide bonds. The van der Waals surface area contributed by atoms with Crippen molar-refractivity contribution in [2.45, 2.75) is 31.3 Å². The lowest BCUT2D eigenvalue weighted by Crippen LogP contribution is -2.43. The molecule has 1 fully saturated rings. The minimum atomic E-state index is -3.70. The van der Waals surface area contributed by atoms with Crippen molar-refractivity contribution in [3.8, 4) is 11.5 Å². The van der Waals surface area contributed by atoms with Gasteiger partial charge in [-0.05, 0) is 73.4 Å². The quantitative estimate of drug-likeness (QED) is 0.494. The minimum absolute atomic E-state index is 0.150. The normalized spacial score (nSPS) is 16.5. The number of ether oxygens (including phenoxy) is 2. The molecule has 8 heteroatoms. The second kappa shape index (κ2) is 10.9. The molecular formula is C27H30N2O5S. The Bertz CT molecular complexity index is 1260. The van der Waals surface area contributed by atoms with Crippen molar-refractivity contribution >= 4 is 21.6 Å². The fourth-order valence-electron chi connectivity index (χ4n) is 4.15. The van der Waals surface area contributed by atoms with Crippen LogP contribution in [-0.2, 0) is 21.4 Å². The number of carbonyl (C=O) groups is 1. The molecule has 1 aliphatic rings. The average molecular weight is 495 g/mol. The predicted octanol–water partition coefficient (Wildman–Crippen LogP) is 4.62. The number of hydrogen-bond donors (Lipinski definition) is 1. The Hall–Kier alpha value is -3.36. The third-order valence-electron chi connectivity index (χ3n) is 6.13. The summed E-state index contributed by atoms with van der Waals surface area (Å²) in [5, 5.41) is 2.92. The van der Waals surface area contributed by atoms with E-state index in [4.69, 9.17) is 9.47 Å². The van der Waals surface area contributed by atoms with Crippen molar-refractivity contribution in [1.82, 2.24) is 4.31 Å². The zero-order valence-corrected chi connectivity index (χ0v) is 20.8. The molecule has 0 aromatic heterocycles. The summed E-state index contributed by atoms with van der Waals surface area (Å²) in [6.45, 7) is 2.82. The highest BCUT2D eigenvalue weighted by molar-refractivity contribution is 7.89. The summed E-state index contributed by atoms with van der Waals surface area (Å²) in [4.78, 5) is 13.1. The molecule has 0 bridgehead atoms. The SMILES string of the molecule is COc1ccc(S(=O)(=O)N2CCC[C@H](C(=O)Nc3ccc(OCc4ccccc4)cc3)C2)cc1C. The van der Waals surface area contributed by atoms with E-state index in [-0.39, 0.29) is 17.3 Å². The largest absolute Gasteiger partial charge is 0.496 e. The number of sulfonamides is 1. The van der Waals surface area contributed by atoms with Crippen LogP contribution in [0.15, 0.2) is 77.7 Å². The van der Waals surface area contributed by atoms with Crippen LogP contribution in [0.5, 0.6) is 11.5 Å². The van der Waals surface area contributed by atoms with E-state index in [0.29, 0.717) is 43.2 Å². The van der Waals surface area contributed by atoms with Crippen molar-refractivity contribution in [3.63, 3.8) is 0 Å². The van der Waals surface area contributed by atoms with Gasteiger partial charge in [0.1, 0.15) is 18.1 Å². The van der Waals surface area contributed by atoms with Gasteiger partial charge in [-0.15, -0.1) is 0 Å². The number of aryl methyl sites for hydroxylation is 1. The molecule has 4 rings (SSSR count).